The molecule has 1 saturated heterocycles. The van der Waals surface area contributed by atoms with Crippen molar-refractivity contribution in [2.75, 3.05) is 13.1 Å². The number of nitrogens with one attached hydrogen (secondary N) is 1. The van der Waals surface area contributed by atoms with Crippen LogP contribution < -0.4 is 11.1 Å². The second-order valence-corrected chi connectivity index (χ2v) is 7.01. The summed E-state index contributed by atoms with van der Waals surface area (Å²) in [5.41, 5.74) is 2.57. The molecule has 2 heterocycles. The van der Waals surface area contributed by atoms with Gasteiger partial charge in [-0.05, 0) is 24.1 Å². The van der Waals surface area contributed by atoms with Gasteiger partial charge in [0.1, 0.15) is 0 Å². The highest BCUT2D eigenvalue weighted by atomic mass is 16.4. The van der Waals surface area contributed by atoms with Crippen molar-refractivity contribution in [3.05, 3.63) is 70.7 Å². The molecule has 4 rings (SSSR count). The Bertz CT molecular complexity index is 977. The molecule has 1 aromatic heterocycles. The maximum atomic E-state index is 12.3. The van der Waals surface area contributed by atoms with Gasteiger partial charge in [0.25, 0.3) is 0 Å². The average molecular weight is 365 g/mol. The molecule has 0 spiro atoms. The smallest absolute Gasteiger partial charge is 0.408 e. The molecule has 1 fully saturated rings. The molecular formula is C21H23N3O3. The Morgan fingerprint density at radius 1 is 1.11 bits per heavy atom. The number of aromatic nitrogens is 1. The molecule has 27 heavy (non-hydrogen) atoms. The van der Waals surface area contributed by atoms with Gasteiger partial charge in [-0.3, -0.25) is 14.3 Å². The zero-order chi connectivity index (χ0) is 18.6. The van der Waals surface area contributed by atoms with E-state index < -0.39 is 5.76 Å². The molecule has 1 amide bonds. The molecule has 0 bridgehead atoms. The second kappa shape index (κ2) is 7.80. The summed E-state index contributed by atoms with van der Waals surface area (Å²) in [5, 5.41) is 3.10. The first kappa shape index (κ1) is 17.5. The van der Waals surface area contributed by atoms with Crippen LogP contribution in [-0.2, 0) is 17.9 Å². The molecule has 1 unspecified atom stereocenters. The zero-order valence-corrected chi connectivity index (χ0v) is 15.1. The first-order chi connectivity index (χ1) is 13.2. The van der Waals surface area contributed by atoms with E-state index in [1.165, 1.54) is 10.1 Å². The van der Waals surface area contributed by atoms with E-state index in [0.29, 0.717) is 12.1 Å². The van der Waals surface area contributed by atoms with Crippen molar-refractivity contribution in [3.63, 3.8) is 0 Å². The van der Waals surface area contributed by atoms with Crippen LogP contribution in [-0.4, -0.2) is 34.5 Å². The van der Waals surface area contributed by atoms with Crippen LogP contribution in [0.5, 0.6) is 0 Å². The summed E-state index contributed by atoms with van der Waals surface area (Å²) in [6.45, 7) is 3.06. The number of oxazole rings is 1. The third-order valence-electron chi connectivity index (χ3n) is 5.02. The topological polar surface area (TPSA) is 67.5 Å². The molecule has 0 radical (unpaired) electrons. The third kappa shape index (κ3) is 4.11. The minimum atomic E-state index is -0.418. The van der Waals surface area contributed by atoms with Crippen LogP contribution in [0.15, 0.2) is 63.8 Å². The molecule has 0 aliphatic carbocycles. The summed E-state index contributed by atoms with van der Waals surface area (Å²) < 4.78 is 6.72. The number of amides is 1. The summed E-state index contributed by atoms with van der Waals surface area (Å²) in [5.74, 6) is -0.447. The Labute approximate surface area is 157 Å². The number of rotatable bonds is 6. The van der Waals surface area contributed by atoms with Gasteiger partial charge in [0.2, 0.25) is 5.91 Å². The van der Waals surface area contributed by atoms with E-state index in [2.05, 4.69) is 22.3 Å². The van der Waals surface area contributed by atoms with Crippen molar-refractivity contribution < 1.29 is 9.21 Å². The van der Waals surface area contributed by atoms with Gasteiger partial charge in [-0.25, -0.2) is 4.79 Å². The van der Waals surface area contributed by atoms with Crippen molar-refractivity contribution in [1.29, 1.82) is 0 Å². The van der Waals surface area contributed by atoms with Gasteiger partial charge in [0.05, 0.1) is 5.52 Å². The molecule has 6 heteroatoms. The predicted molar refractivity (Wildman–Crippen MR) is 103 cm³/mol. The SMILES string of the molecule is O=C(CCn1c(=O)oc2ccccc21)NC1CCN(Cc2ccccc2)C1. The van der Waals surface area contributed by atoms with Crippen LogP contribution >= 0.6 is 0 Å². The quantitative estimate of drug-likeness (QED) is 0.728. The largest absolute Gasteiger partial charge is 0.419 e. The summed E-state index contributed by atoms with van der Waals surface area (Å²) in [7, 11) is 0. The number of nitrogens with zero attached hydrogens (tertiary/aromatic N) is 2. The molecule has 0 saturated carbocycles. The molecule has 1 aliphatic heterocycles. The number of carbonyl (C=O) groups is 1. The van der Waals surface area contributed by atoms with Gasteiger partial charge in [0, 0.05) is 38.6 Å². The van der Waals surface area contributed by atoms with Crippen molar-refractivity contribution in [2.45, 2.75) is 32.0 Å². The van der Waals surface area contributed by atoms with Gasteiger partial charge in [-0.2, -0.15) is 0 Å². The van der Waals surface area contributed by atoms with Crippen LogP contribution in [0.25, 0.3) is 11.1 Å². The summed E-state index contributed by atoms with van der Waals surface area (Å²) in [4.78, 5) is 26.7. The monoisotopic (exact) mass is 365 g/mol. The first-order valence-electron chi connectivity index (χ1n) is 9.33. The molecule has 1 N–H and O–H groups in total. The van der Waals surface area contributed by atoms with Crippen LogP contribution in [0.4, 0.5) is 0 Å². The normalized spacial score (nSPS) is 17.4. The lowest BCUT2D eigenvalue weighted by atomic mass is 10.2. The molecule has 1 aliphatic rings. The van der Waals surface area contributed by atoms with E-state index in [0.717, 1.165) is 31.6 Å². The van der Waals surface area contributed by atoms with E-state index in [-0.39, 0.29) is 18.4 Å². The number of benzene rings is 2. The van der Waals surface area contributed by atoms with Crippen LogP contribution in [0.2, 0.25) is 0 Å². The van der Waals surface area contributed by atoms with Crippen LogP contribution in [0, 0.1) is 0 Å². The molecule has 1 atom stereocenters. The Hall–Kier alpha value is -2.86. The summed E-state index contributed by atoms with van der Waals surface area (Å²) in [6, 6.07) is 17.8. The summed E-state index contributed by atoms with van der Waals surface area (Å²) >= 11 is 0. The minimum absolute atomic E-state index is 0.0289. The number of hydrogen-bond donors (Lipinski definition) is 1. The molecular weight excluding hydrogens is 342 g/mol. The van der Waals surface area contributed by atoms with Crippen molar-refractivity contribution in [2.24, 2.45) is 0 Å². The number of carbonyl (C=O) groups excluding carboxylic acids is 1. The molecule has 140 valence electrons. The predicted octanol–water partition coefficient (Wildman–Crippen LogP) is 2.38. The maximum absolute atomic E-state index is 12.3. The number of hydrogen-bond acceptors (Lipinski definition) is 4. The van der Waals surface area contributed by atoms with Gasteiger partial charge in [-0.1, -0.05) is 42.5 Å². The maximum Gasteiger partial charge on any atom is 0.419 e. The van der Waals surface area contributed by atoms with E-state index in [1.807, 2.05) is 36.4 Å². The number of fused-ring (bicyclic) bond motifs is 1. The highest BCUT2D eigenvalue weighted by molar-refractivity contribution is 5.77. The zero-order valence-electron chi connectivity index (χ0n) is 15.1. The van der Waals surface area contributed by atoms with E-state index in [9.17, 15) is 9.59 Å². The van der Waals surface area contributed by atoms with E-state index >= 15 is 0 Å². The fourth-order valence-electron chi connectivity index (χ4n) is 3.67. The van der Waals surface area contributed by atoms with E-state index in [4.69, 9.17) is 4.42 Å². The highest BCUT2D eigenvalue weighted by Gasteiger charge is 2.23. The number of likely N-dealkylation sites (tertiary alicyclic amines) is 1. The third-order valence-corrected chi connectivity index (χ3v) is 5.02. The van der Waals surface area contributed by atoms with Crippen molar-refractivity contribution >= 4 is 17.0 Å². The lowest BCUT2D eigenvalue weighted by Crippen LogP contribution is -2.37. The average Bonchev–Trinajstić information content (AvgIpc) is 3.24. The molecule has 6 nitrogen and oxygen atoms in total. The minimum Gasteiger partial charge on any atom is -0.408 e. The van der Waals surface area contributed by atoms with Crippen LogP contribution in [0.3, 0.4) is 0 Å². The lowest BCUT2D eigenvalue weighted by Gasteiger charge is -2.17. The van der Waals surface area contributed by atoms with Gasteiger partial charge in [-0.15, -0.1) is 0 Å². The van der Waals surface area contributed by atoms with Gasteiger partial charge >= 0.3 is 5.76 Å². The fourth-order valence-corrected chi connectivity index (χ4v) is 3.67. The lowest BCUT2D eigenvalue weighted by molar-refractivity contribution is -0.121. The number of para-hydroxylation sites is 2. The fraction of sp³-hybridized carbons (Fsp3) is 0.333. The standard InChI is InChI=1S/C21H23N3O3/c25-20(11-13-24-18-8-4-5-9-19(18)27-21(24)26)22-17-10-12-23(15-17)14-16-6-2-1-3-7-16/h1-9,17H,10-15H2,(H,22,25). The van der Waals surface area contributed by atoms with Crippen molar-refractivity contribution in [3.8, 4) is 0 Å². The van der Waals surface area contributed by atoms with Crippen molar-refractivity contribution in [1.82, 2.24) is 14.8 Å². The van der Waals surface area contributed by atoms with Gasteiger partial charge in [0.15, 0.2) is 5.58 Å². The Balaban J connectivity index is 1.28. The Morgan fingerprint density at radius 2 is 1.89 bits per heavy atom. The van der Waals surface area contributed by atoms with E-state index in [1.54, 1.807) is 6.07 Å². The number of aryl methyl sites for hydroxylation is 1. The van der Waals surface area contributed by atoms with Gasteiger partial charge < -0.3 is 9.73 Å². The Morgan fingerprint density at radius 3 is 2.74 bits per heavy atom. The molecule has 3 aromatic rings. The first-order valence-corrected chi connectivity index (χ1v) is 9.33. The molecule has 2 aromatic carbocycles. The van der Waals surface area contributed by atoms with Crippen LogP contribution in [0.1, 0.15) is 18.4 Å². The Kier molecular flexibility index (Phi) is 5.07. The second-order valence-electron chi connectivity index (χ2n) is 7.01. The highest BCUT2D eigenvalue weighted by Crippen LogP contribution is 2.14. The summed E-state index contributed by atoms with van der Waals surface area (Å²) in [6.07, 6.45) is 1.21.